The fourth-order valence-corrected chi connectivity index (χ4v) is 11.2. The normalized spacial score (nSPS) is 52.0. The summed E-state index contributed by atoms with van der Waals surface area (Å²) in [7, 11) is 0. The fourth-order valence-electron chi connectivity index (χ4n) is 11.2. The third-order valence-electron chi connectivity index (χ3n) is 13.5. The first-order valence-corrected chi connectivity index (χ1v) is 16.0. The predicted molar refractivity (Wildman–Crippen MR) is 144 cm³/mol. The number of hydrogen-bond acceptors (Lipinski definition) is 7. The summed E-state index contributed by atoms with van der Waals surface area (Å²) in [6, 6.07) is 0.493. The van der Waals surface area contributed by atoms with E-state index in [1.165, 1.54) is 19.3 Å². The van der Waals surface area contributed by atoms with Gasteiger partial charge in [0.1, 0.15) is 0 Å². The Hall–Kier alpha value is -0.280. The summed E-state index contributed by atoms with van der Waals surface area (Å²) in [5.41, 5.74) is 0.281. The van der Waals surface area contributed by atoms with Crippen molar-refractivity contribution >= 4 is 0 Å². The molecule has 7 nitrogen and oxygen atoms in total. The Balaban J connectivity index is 1.08. The summed E-state index contributed by atoms with van der Waals surface area (Å²) in [4.78, 5) is 5.08. The number of piperidine rings is 2. The van der Waals surface area contributed by atoms with E-state index < -0.39 is 0 Å². The van der Waals surface area contributed by atoms with Crippen LogP contribution in [0.4, 0.5) is 0 Å². The molecule has 3 N–H and O–H groups in total. The molecule has 10 atom stereocenters. The van der Waals surface area contributed by atoms with E-state index in [0.717, 1.165) is 77.5 Å². The van der Waals surface area contributed by atoms with Gasteiger partial charge in [-0.3, -0.25) is 9.80 Å². The highest BCUT2D eigenvalue weighted by Gasteiger charge is 2.64. The van der Waals surface area contributed by atoms with Crippen LogP contribution >= 0.6 is 0 Å². The lowest BCUT2D eigenvalue weighted by atomic mass is 9.44. The lowest BCUT2D eigenvalue weighted by molar-refractivity contribution is -0.190. The lowest BCUT2D eigenvalue weighted by Crippen LogP contribution is -2.60. The van der Waals surface area contributed by atoms with Crippen LogP contribution in [0.2, 0.25) is 0 Å². The summed E-state index contributed by atoms with van der Waals surface area (Å²) < 4.78 is 12.0. The molecule has 0 aromatic heterocycles. The zero-order valence-electron chi connectivity index (χ0n) is 23.8. The van der Waals surface area contributed by atoms with Gasteiger partial charge in [-0.15, -0.1) is 0 Å². The third kappa shape index (κ3) is 4.08. The van der Waals surface area contributed by atoms with Crippen LogP contribution in [-0.2, 0) is 9.47 Å². The minimum absolute atomic E-state index is 0.0150. The molecule has 0 aromatic carbocycles. The molecule has 3 aliphatic heterocycles. The van der Waals surface area contributed by atoms with E-state index in [2.05, 4.69) is 23.6 Å². The molecule has 0 bridgehead atoms. The smallest absolute Gasteiger partial charge is 0.170 e. The Labute approximate surface area is 229 Å². The van der Waals surface area contributed by atoms with Gasteiger partial charge in [-0.1, -0.05) is 13.8 Å². The Morgan fingerprint density at radius 3 is 2.08 bits per heavy atom. The molecular formula is C31H52N2O5. The largest absolute Gasteiger partial charge is 0.393 e. The van der Waals surface area contributed by atoms with Crippen LogP contribution in [0.5, 0.6) is 0 Å². The van der Waals surface area contributed by atoms with E-state index >= 15 is 0 Å². The van der Waals surface area contributed by atoms with Gasteiger partial charge in [0.25, 0.3) is 0 Å². The zero-order valence-corrected chi connectivity index (χ0v) is 23.8. The van der Waals surface area contributed by atoms with E-state index in [-0.39, 0.29) is 47.0 Å². The maximum Gasteiger partial charge on any atom is 0.170 e. The molecule has 7 heteroatoms. The molecule has 3 saturated heterocycles. The number of hydrogen-bond donors (Lipinski definition) is 3. The van der Waals surface area contributed by atoms with Crippen molar-refractivity contribution in [3.05, 3.63) is 0 Å². The SMILES string of the molecule is C[C@]12C[C@H](N3CCC(O)CC3)[C@@H](O)C[C@@H]1CC[C@@H]1[C@@H]2CC[C@]2(C)[C@@H](O)[C@@H](N3CCC4(CC3)OCCO4)C[C@@H]12. The van der Waals surface area contributed by atoms with Crippen molar-refractivity contribution in [1.29, 1.82) is 0 Å². The van der Waals surface area contributed by atoms with Gasteiger partial charge in [0.15, 0.2) is 5.79 Å². The predicted octanol–water partition coefficient (Wildman–Crippen LogP) is 3.00. The highest BCUT2D eigenvalue weighted by molar-refractivity contribution is 5.14. The average molecular weight is 533 g/mol. The van der Waals surface area contributed by atoms with Gasteiger partial charge in [0.2, 0.25) is 0 Å². The molecule has 7 rings (SSSR count). The molecule has 3 heterocycles. The molecule has 7 fully saturated rings. The van der Waals surface area contributed by atoms with Crippen molar-refractivity contribution < 1.29 is 24.8 Å². The maximum atomic E-state index is 11.8. The quantitative estimate of drug-likeness (QED) is 0.504. The molecule has 216 valence electrons. The second kappa shape index (κ2) is 9.64. The lowest BCUT2D eigenvalue weighted by Gasteiger charge is -2.62. The summed E-state index contributed by atoms with van der Waals surface area (Å²) in [6.45, 7) is 10.2. The van der Waals surface area contributed by atoms with Crippen LogP contribution < -0.4 is 0 Å². The van der Waals surface area contributed by atoms with Gasteiger partial charge in [-0.05, 0) is 92.3 Å². The first-order valence-electron chi connectivity index (χ1n) is 16.0. The number of rotatable bonds is 2. The Kier molecular flexibility index (Phi) is 6.75. The van der Waals surface area contributed by atoms with Crippen molar-refractivity contribution in [2.75, 3.05) is 39.4 Å². The topological polar surface area (TPSA) is 85.6 Å². The minimum atomic E-state index is -0.358. The first-order chi connectivity index (χ1) is 18.2. The Morgan fingerprint density at radius 1 is 0.684 bits per heavy atom. The van der Waals surface area contributed by atoms with Crippen LogP contribution in [0.3, 0.4) is 0 Å². The number of fused-ring (bicyclic) bond motifs is 5. The Morgan fingerprint density at radius 2 is 1.37 bits per heavy atom. The molecular weight excluding hydrogens is 480 g/mol. The number of likely N-dealkylation sites (tertiary alicyclic amines) is 2. The molecule has 0 amide bonds. The minimum Gasteiger partial charge on any atom is -0.393 e. The summed E-state index contributed by atoms with van der Waals surface area (Å²) in [5.74, 6) is 2.22. The van der Waals surface area contributed by atoms with Gasteiger partial charge in [0.05, 0.1) is 31.5 Å². The maximum absolute atomic E-state index is 11.8. The standard InChI is InChI=1S/C31H52N2O5/c1-29-8-5-23-22(24(29)18-25(28(29)36)33-13-9-31(10-14-33)37-15-16-38-31)4-3-20-17-27(35)26(19-30(20,23)2)32-11-6-21(34)7-12-32/h20-28,34-36H,3-19H2,1-2H3/t20-,22+,23-,24-,25-,26-,27-,28-,29-,30-/m0/s1. The number of aliphatic hydroxyl groups is 3. The number of nitrogens with zero attached hydrogens (tertiary/aromatic N) is 2. The molecule has 1 spiro atoms. The van der Waals surface area contributed by atoms with Crippen LogP contribution in [0, 0.1) is 34.5 Å². The fraction of sp³-hybridized carbons (Fsp3) is 1.00. The van der Waals surface area contributed by atoms with Crippen molar-refractivity contribution in [1.82, 2.24) is 9.80 Å². The van der Waals surface area contributed by atoms with Crippen LogP contribution in [-0.4, -0.2) is 101 Å². The van der Waals surface area contributed by atoms with Gasteiger partial charge < -0.3 is 24.8 Å². The highest BCUT2D eigenvalue weighted by atomic mass is 16.7. The van der Waals surface area contributed by atoms with Gasteiger partial charge in [0, 0.05) is 51.1 Å². The van der Waals surface area contributed by atoms with Crippen molar-refractivity contribution in [2.45, 2.75) is 121 Å². The monoisotopic (exact) mass is 532 g/mol. The van der Waals surface area contributed by atoms with Gasteiger partial charge in [-0.25, -0.2) is 0 Å². The van der Waals surface area contributed by atoms with Crippen molar-refractivity contribution in [3.63, 3.8) is 0 Å². The summed E-state index contributed by atoms with van der Waals surface area (Å²) in [5, 5.41) is 33.2. The molecule has 38 heavy (non-hydrogen) atoms. The van der Waals surface area contributed by atoms with Crippen LogP contribution in [0.1, 0.15) is 84.5 Å². The van der Waals surface area contributed by atoms with E-state index in [4.69, 9.17) is 9.47 Å². The molecule has 4 saturated carbocycles. The van der Waals surface area contributed by atoms with E-state index in [9.17, 15) is 15.3 Å². The molecule has 7 aliphatic rings. The van der Waals surface area contributed by atoms with E-state index in [1.54, 1.807) is 0 Å². The highest BCUT2D eigenvalue weighted by Crippen LogP contribution is 2.67. The average Bonchev–Trinajstić information content (AvgIpc) is 3.47. The van der Waals surface area contributed by atoms with Crippen molar-refractivity contribution in [3.8, 4) is 0 Å². The Bertz CT molecular complexity index is 864. The van der Waals surface area contributed by atoms with Gasteiger partial charge in [-0.2, -0.15) is 0 Å². The molecule has 0 aromatic rings. The molecule has 4 aliphatic carbocycles. The summed E-state index contributed by atoms with van der Waals surface area (Å²) >= 11 is 0. The molecule has 0 unspecified atom stereocenters. The van der Waals surface area contributed by atoms with Crippen molar-refractivity contribution in [2.24, 2.45) is 34.5 Å². The first kappa shape index (κ1) is 26.6. The second-order valence-electron chi connectivity index (χ2n) is 14.9. The summed E-state index contributed by atoms with van der Waals surface area (Å²) in [6.07, 6.45) is 10.9. The number of aliphatic hydroxyl groups excluding tert-OH is 3. The van der Waals surface area contributed by atoms with E-state index in [1.807, 2.05) is 0 Å². The van der Waals surface area contributed by atoms with Crippen LogP contribution in [0.15, 0.2) is 0 Å². The number of ether oxygens (including phenoxy) is 2. The van der Waals surface area contributed by atoms with Gasteiger partial charge >= 0.3 is 0 Å². The third-order valence-corrected chi connectivity index (χ3v) is 13.5. The second-order valence-corrected chi connectivity index (χ2v) is 14.9. The van der Waals surface area contributed by atoms with E-state index in [0.29, 0.717) is 36.9 Å². The molecule has 0 radical (unpaired) electrons. The zero-order chi connectivity index (χ0) is 26.3. The van der Waals surface area contributed by atoms with Crippen LogP contribution in [0.25, 0.3) is 0 Å².